The van der Waals surface area contributed by atoms with Crippen LogP contribution in [0.25, 0.3) is 0 Å². The number of aryl methyl sites for hydroxylation is 1. The Balaban J connectivity index is 2.05. The summed E-state index contributed by atoms with van der Waals surface area (Å²) >= 11 is 0. The molecular formula is C13H23N3. The maximum atomic E-state index is 4.35. The van der Waals surface area contributed by atoms with Gasteiger partial charge in [0, 0.05) is 12.7 Å². The van der Waals surface area contributed by atoms with Crippen LogP contribution in [0, 0.1) is 6.92 Å². The molecule has 0 fully saturated rings. The van der Waals surface area contributed by atoms with Gasteiger partial charge >= 0.3 is 0 Å². The number of rotatable bonds is 7. The number of aromatic nitrogens is 1. The highest BCUT2D eigenvalue weighted by molar-refractivity contribution is 5.11. The molecular weight excluding hydrogens is 198 g/mol. The predicted octanol–water partition coefficient (Wildman–Crippen LogP) is 1.82. The van der Waals surface area contributed by atoms with Gasteiger partial charge in [-0.1, -0.05) is 6.07 Å². The monoisotopic (exact) mass is 221 g/mol. The maximum Gasteiger partial charge on any atom is 0.0541 e. The zero-order valence-corrected chi connectivity index (χ0v) is 10.7. The van der Waals surface area contributed by atoms with Crippen LogP contribution in [0.3, 0.4) is 0 Å². The molecule has 0 aliphatic carbocycles. The third-order valence-corrected chi connectivity index (χ3v) is 2.49. The summed E-state index contributed by atoms with van der Waals surface area (Å²) in [7, 11) is 4.23. The van der Waals surface area contributed by atoms with E-state index in [-0.39, 0.29) is 0 Å². The quantitative estimate of drug-likeness (QED) is 0.712. The summed E-state index contributed by atoms with van der Waals surface area (Å²) in [5.74, 6) is 0. The molecule has 0 saturated heterocycles. The standard InChI is InChI=1S/C13H23N3/c1-12-6-7-13(15-10-12)11-14-8-4-5-9-16(2)3/h6-7,10,14H,4-5,8-9,11H2,1-3H3. The molecule has 0 aromatic carbocycles. The summed E-state index contributed by atoms with van der Waals surface area (Å²) in [5.41, 5.74) is 2.34. The number of hydrogen-bond donors (Lipinski definition) is 1. The summed E-state index contributed by atoms with van der Waals surface area (Å²) < 4.78 is 0. The average Bonchev–Trinajstić information content (AvgIpc) is 2.25. The van der Waals surface area contributed by atoms with Crippen molar-refractivity contribution in [2.45, 2.75) is 26.3 Å². The molecule has 1 aromatic rings. The number of nitrogens with one attached hydrogen (secondary N) is 1. The Morgan fingerprint density at radius 3 is 2.69 bits per heavy atom. The largest absolute Gasteiger partial charge is 0.311 e. The molecule has 0 aliphatic rings. The van der Waals surface area contributed by atoms with Gasteiger partial charge in [-0.3, -0.25) is 4.98 Å². The Hall–Kier alpha value is -0.930. The lowest BCUT2D eigenvalue weighted by Gasteiger charge is -2.09. The minimum absolute atomic E-state index is 0.877. The first-order valence-corrected chi connectivity index (χ1v) is 5.95. The molecule has 0 aliphatic heterocycles. The minimum Gasteiger partial charge on any atom is -0.311 e. The Labute approximate surface area is 98.9 Å². The van der Waals surface area contributed by atoms with E-state index in [1.54, 1.807) is 0 Å². The van der Waals surface area contributed by atoms with E-state index in [4.69, 9.17) is 0 Å². The Bertz CT molecular complexity index is 280. The molecule has 0 atom stereocenters. The van der Waals surface area contributed by atoms with Crippen LogP contribution in [0.5, 0.6) is 0 Å². The van der Waals surface area contributed by atoms with Crippen LogP contribution in [0.15, 0.2) is 18.3 Å². The molecule has 3 heteroatoms. The fourth-order valence-corrected chi connectivity index (χ4v) is 1.50. The summed E-state index contributed by atoms with van der Waals surface area (Å²) in [4.78, 5) is 6.58. The van der Waals surface area contributed by atoms with Crippen LogP contribution in [-0.2, 0) is 6.54 Å². The van der Waals surface area contributed by atoms with Gasteiger partial charge in [-0.05, 0) is 58.6 Å². The summed E-state index contributed by atoms with van der Waals surface area (Å²) in [6.07, 6.45) is 4.40. The highest BCUT2D eigenvalue weighted by Crippen LogP contribution is 1.98. The third kappa shape index (κ3) is 5.83. The van der Waals surface area contributed by atoms with Crippen molar-refractivity contribution in [3.05, 3.63) is 29.6 Å². The molecule has 1 heterocycles. The van der Waals surface area contributed by atoms with E-state index in [0.29, 0.717) is 0 Å². The van der Waals surface area contributed by atoms with Crippen molar-refractivity contribution in [1.29, 1.82) is 0 Å². The van der Waals surface area contributed by atoms with Gasteiger partial charge in [-0.25, -0.2) is 0 Å². The molecule has 0 spiro atoms. The molecule has 0 bridgehead atoms. The fraction of sp³-hybridized carbons (Fsp3) is 0.615. The van der Waals surface area contributed by atoms with Crippen LogP contribution >= 0.6 is 0 Å². The maximum absolute atomic E-state index is 4.35. The molecule has 1 aromatic heterocycles. The summed E-state index contributed by atoms with van der Waals surface area (Å²) in [6.45, 7) is 5.18. The first kappa shape index (κ1) is 13.1. The van der Waals surface area contributed by atoms with Crippen molar-refractivity contribution in [3.8, 4) is 0 Å². The lowest BCUT2D eigenvalue weighted by Crippen LogP contribution is -2.18. The fourth-order valence-electron chi connectivity index (χ4n) is 1.50. The normalized spacial score (nSPS) is 11.0. The molecule has 0 amide bonds. The summed E-state index contributed by atoms with van der Waals surface area (Å²) in [6, 6.07) is 4.19. The van der Waals surface area contributed by atoms with Crippen LogP contribution in [0.4, 0.5) is 0 Å². The van der Waals surface area contributed by atoms with Crippen LogP contribution in [0.1, 0.15) is 24.1 Å². The van der Waals surface area contributed by atoms with Gasteiger partial charge in [0.2, 0.25) is 0 Å². The Morgan fingerprint density at radius 2 is 2.06 bits per heavy atom. The minimum atomic E-state index is 0.877. The van der Waals surface area contributed by atoms with Crippen molar-refractivity contribution in [2.75, 3.05) is 27.2 Å². The zero-order valence-electron chi connectivity index (χ0n) is 10.7. The van der Waals surface area contributed by atoms with Gasteiger partial charge in [-0.15, -0.1) is 0 Å². The second kappa shape index (κ2) is 7.36. The molecule has 16 heavy (non-hydrogen) atoms. The van der Waals surface area contributed by atoms with E-state index in [0.717, 1.165) is 18.8 Å². The highest BCUT2D eigenvalue weighted by Gasteiger charge is 1.94. The smallest absolute Gasteiger partial charge is 0.0541 e. The molecule has 1 N–H and O–H groups in total. The second-order valence-corrected chi connectivity index (χ2v) is 4.51. The Morgan fingerprint density at radius 1 is 1.25 bits per heavy atom. The van der Waals surface area contributed by atoms with E-state index < -0.39 is 0 Å². The van der Waals surface area contributed by atoms with Crippen LogP contribution in [-0.4, -0.2) is 37.1 Å². The van der Waals surface area contributed by atoms with Crippen molar-refractivity contribution in [3.63, 3.8) is 0 Å². The second-order valence-electron chi connectivity index (χ2n) is 4.51. The number of pyridine rings is 1. The molecule has 1 rings (SSSR count). The van der Waals surface area contributed by atoms with Gasteiger partial charge < -0.3 is 10.2 Å². The molecule has 3 nitrogen and oxygen atoms in total. The van der Waals surface area contributed by atoms with Crippen LogP contribution < -0.4 is 5.32 Å². The predicted molar refractivity (Wildman–Crippen MR) is 68.5 cm³/mol. The molecule has 0 saturated carbocycles. The van der Waals surface area contributed by atoms with Crippen molar-refractivity contribution in [1.82, 2.24) is 15.2 Å². The van der Waals surface area contributed by atoms with E-state index >= 15 is 0 Å². The first-order chi connectivity index (χ1) is 7.68. The third-order valence-electron chi connectivity index (χ3n) is 2.49. The van der Waals surface area contributed by atoms with Gasteiger partial charge in [0.25, 0.3) is 0 Å². The van der Waals surface area contributed by atoms with Crippen molar-refractivity contribution < 1.29 is 0 Å². The first-order valence-electron chi connectivity index (χ1n) is 5.95. The number of unbranched alkanes of at least 4 members (excludes halogenated alkanes) is 1. The van der Waals surface area contributed by atoms with Gasteiger partial charge in [0.1, 0.15) is 0 Å². The van der Waals surface area contributed by atoms with E-state index in [9.17, 15) is 0 Å². The zero-order chi connectivity index (χ0) is 11.8. The lowest BCUT2D eigenvalue weighted by molar-refractivity contribution is 0.391. The SMILES string of the molecule is Cc1ccc(CNCCCCN(C)C)nc1. The average molecular weight is 221 g/mol. The van der Waals surface area contributed by atoms with Crippen molar-refractivity contribution >= 4 is 0 Å². The van der Waals surface area contributed by atoms with E-state index in [1.807, 2.05) is 6.20 Å². The van der Waals surface area contributed by atoms with E-state index in [1.165, 1.54) is 24.9 Å². The number of nitrogens with zero attached hydrogens (tertiary/aromatic N) is 2. The molecule has 0 radical (unpaired) electrons. The molecule has 90 valence electrons. The highest BCUT2D eigenvalue weighted by atomic mass is 15.0. The molecule has 0 unspecified atom stereocenters. The Kier molecular flexibility index (Phi) is 6.04. The number of hydrogen-bond acceptors (Lipinski definition) is 3. The van der Waals surface area contributed by atoms with E-state index in [2.05, 4.69) is 48.4 Å². The topological polar surface area (TPSA) is 28.2 Å². The van der Waals surface area contributed by atoms with Crippen LogP contribution in [0.2, 0.25) is 0 Å². The van der Waals surface area contributed by atoms with Gasteiger partial charge in [0.05, 0.1) is 5.69 Å². The summed E-state index contributed by atoms with van der Waals surface area (Å²) in [5, 5.41) is 3.41. The van der Waals surface area contributed by atoms with Gasteiger partial charge in [-0.2, -0.15) is 0 Å². The lowest BCUT2D eigenvalue weighted by atomic mass is 10.2. The van der Waals surface area contributed by atoms with Crippen molar-refractivity contribution in [2.24, 2.45) is 0 Å². The van der Waals surface area contributed by atoms with Gasteiger partial charge in [0.15, 0.2) is 0 Å².